The van der Waals surface area contributed by atoms with E-state index in [-0.39, 0.29) is 11.9 Å². The quantitative estimate of drug-likeness (QED) is 0.927. The average molecular weight is 270 g/mol. The Balaban J connectivity index is 2.16. The second kappa shape index (κ2) is 5.46. The first-order valence-electron chi connectivity index (χ1n) is 5.62. The molecule has 18 heavy (non-hydrogen) atoms. The first kappa shape index (κ1) is 13.0. The maximum atomic E-state index is 12.9. The topological polar surface area (TPSA) is 64.9 Å². The Morgan fingerprint density at radius 2 is 2.28 bits per heavy atom. The standard InChI is InChI=1S/C12H13ClFN3O/c1-2-10(15)12-16-11(17-18-12)5-7-3-4-8(14)6-9(7)13/h3-4,6,10H,2,5,15H2,1H3. The van der Waals surface area contributed by atoms with Crippen molar-refractivity contribution >= 4 is 11.6 Å². The van der Waals surface area contributed by atoms with Gasteiger partial charge in [-0.2, -0.15) is 4.98 Å². The zero-order valence-corrected chi connectivity index (χ0v) is 10.6. The van der Waals surface area contributed by atoms with Gasteiger partial charge in [-0.15, -0.1) is 0 Å². The van der Waals surface area contributed by atoms with E-state index in [1.807, 2.05) is 6.92 Å². The third-order valence-electron chi connectivity index (χ3n) is 2.60. The highest BCUT2D eigenvalue weighted by atomic mass is 35.5. The molecule has 0 saturated heterocycles. The number of nitrogens with zero attached hydrogens (tertiary/aromatic N) is 2. The molecule has 0 spiro atoms. The molecule has 0 aliphatic heterocycles. The fourth-order valence-electron chi connectivity index (χ4n) is 1.50. The van der Waals surface area contributed by atoms with E-state index in [1.165, 1.54) is 12.1 Å². The molecule has 96 valence electrons. The summed E-state index contributed by atoms with van der Waals surface area (Å²) in [5.74, 6) is 0.527. The van der Waals surface area contributed by atoms with Crippen LogP contribution in [-0.2, 0) is 6.42 Å². The lowest BCUT2D eigenvalue weighted by Crippen LogP contribution is -2.09. The minimum absolute atomic E-state index is 0.255. The molecule has 2 aromatic rings. The van der Waals surface area contributed by atoms with Gasteiger partial charge in [0.15, 0.2) is 5.82 Å². The number of hydrogen-bond donors (Lipinski definition) is 1. The van der Waals surface area contributed by atoms with Gasteiger partial charge in [-0.05, 0) is 24.1 Å². The Labute approximate surface area is 109 Å². The maximum absolute atomic E-state index is 12.9. The summed E-state index contributed by atoms with van der Waals surface area (Å²) in [6.07, 6.45) is 1.11. The average Bonchev–Trinajstić information content (AvgIpc) is 2.80. The van der Waals surface area contributed by atoms with Gasteiger partial charge in [0.1, 0.15) is 5.82 Å². The van der Waals surface area contributed by atoms with Crippen molar-refractivity contribution in [3.05, 3.63) is 46.3 Å². The van der Waals surface area contributed by atoms with Crippen molar-refractivity contribution < 1.29 is 8.91 Å². The van der Waals surface area contributed by atoms with Gasteiger partial charge in [-0.25, -0.2) is 4.39 Å². The lowest BCUT2D eigenvalue weighted by Gasteiger charge is -2.01. The molecule has 0 fully saturated rings. The first-order chi connectivity index (χ1) is 8.60. The number of halogens is 2. The molecule has 1 unspecified atom stereocenters. The van der Waals surface area contributed by atoms with Crippen molar-refractivity contribution in [2.24, 2.45) is 5.73 Å². The van der Waals surface area contributed by atoms with Crippen molar-refractivity contribution in [1.29, 1.82) is 0 Å². The van der Waals surface area contributed by atoms with Gasteiger partial charge in [0.2, 0.25) is 5.89 Å². The zero-order valence-electron chi connectivity index (χ0n) is 9.86. The van der Waals surface area contributed by atoms with E-state index in [0.717, 1.165) is 12.0 Å². The van der Waals surface area contributed by atoms with Crippen LogP contribution in [0.5, 0.6) is 0 Å². The molecule has 0 aliphatic rings. The van der Waals surface area contributed by atoms with Crippen LogP contribution < -0.4 is 5.73 Å². The number of aromatic nitrogens is 2. The molecule has 4 nitrogen and oxygen atoms in total. The van der Waals surface area contributed by atoms with Crippen molar-refractivity contribution in [2.75, 3.05) is 0 Å². The summed E-state index contributed by atoms with van der Waals surface area (Å²) in [6, 6.07) is 3.96. The lowest BCUT2D eigenvalue weighted by molar-refractivity contribution is 0.348. The summed E-state index contributed by atoms with van der Waals surface area (Å²) < 4.78 is 17.9. The van der Waals surface area contributed by atoms with Crippen LogP contribution in [0.15, 0.2) is 22.7 Å². The van der Waals surface area contributed by atoms with Crippen LogP contribution >= 0.6 is 11.6 Å². The Kier molecular flexibility index (Phi) is 3.93. The first-order valence-corrected chi connectivity index (χ1v) is 6.00. The molecule has 0 amide bonds. The highest BCUT2D eigenvalue weighted by Gasteiger charge is 2.14. The second-order valence-corrected chi connectivity index (χ2v) is 4.38. The van der Waals surface area contributed by atoms with Gasteiger partial charge >= 0.3 is 0 Å². The van der Waals surface area contributed by atoms with Crippen LogP contribution in [0.2, 0.25) is 5.02 Å². The normalized spacial score (nSPS) is 12.7. The molecule has 1 atom stereocenters. The van der Waals surface area contributed by atoms with Gasteiger partial charge in [0.05, 0.1) is 6.04 Å². The van der Waals surface area contributed by atoms with Crippen molar-refractivity contribution in [3.8, 4) is 0 Å². The molecule has 0 saturated carbocycles. The smallest absolute Gasteiger partial charge is 0.243 e. The lowest BCUT2D eigenvalue weighted by atomic mass is 10.1. The SMILES string of the molecule is CCC(N)c1nc(Cc2ccc(F)cc2Cl)no1. The van der Waals surface area contributed by atoms with Gasteiger partial charge in [-0.3, -0.25) is 0 Å². The Morgan fingerprint density at radius 3 is 2.94 bits per heavy atom. The number of benzene rings is 1. The largest absolute Gasteiger partial charge is 0.338 e. The molecule has 0 radical (unpaired) electrons. The molecular weight excluding hydrogens is 257 g/mol. The fraction of sp³-hybridized carbons (Fsp3) is 0.333. The van der Waals surface area contributed by atoms with Gasteiger partial charge < -0.3 is 10.3 Å². The van der Waals surface area contributed by atoms with Crippen molar-refractivity contribution in [2.45, 2.75) is 25.8 Å². The summed E-state index contributed by atoms with van der Waals surface area (Å²) in [5.41, 5.74) is 6.52. The van der Waals surface area contributed by atoms with E-state index in [2.05, 4.69) is 10.1 Å². The van der Waals surface area contributed by atoms with Crippen LogP contribution in [0.3, 0.4) is 0 Å². The summed E-state index contributed by atoms with van der Waals surface area (Å²) in [5, 5.41) is 4.17. The van der Waals surface area contributed by atoms with Crippen LogP contribution in [0, 0.1) is 5.82 Å². The summed E-state index contributed by atoms with van der Waals surface area (Å²) in [6.45, 7) is 1.94. The van der Waals surface area contributed by atoms with Crippen LogP contribution in [0.1, 0.15) is 36.7 Å². The minimum atomic E-state index is -0.370. The van der Waals surface area contributed by atoms with Crippen LogP contribution in [0.4, 0.5) is 4.39 Å². The van der Waals surface area contributed by atoms with E-state index >= 15 is 0 Å². The van der Waals surface area contributed by atoms with Gasteiger partial charge in [0, 0.05) is 11.4 Å². The van der Waals surface area contributed by atoms with E-state index in [1.54, 1.807) is 6.07 Å². The van der Waals surface area contributed by atoms with Gasteiger partial charge in [0.25, 0.3) is 0 Å². The monoisotopic (exact) mass is 269 g/mol. The Hall–Kier alpha value is -1.46. The predicted molar refractivity (Wildman–Crippen MR) is 65.7 cm³/mol. The number of rotatable bonds is 4. The second-order valence-electron chi connectivity index (χ2n) is 3.98. The highest BCUT2D eigenvalue weighted by molar-refractivity contribution is 6.31. The number of nitrogens with two attached hydrogens (primary N) is 1. The van der Waals surface area contributed by atoms with Gasteiger partial charge in [-0.1, -0.05) is 29.7 Å². The Bertz CT molecular complexity index is 544. The molecular formula is C12H13ClFN3O. The maximum Gasteiger partial charge on any atom is 0.243 e. The molecule has 6 heteroatoms. The van der Waals surface area contributed by atoms with E-state index in [9.17, 15) is 4.39 Å². The summed E-state index contributed by atoms with van der Waals surface area (Å²) in [7, 11) is 0. The molecule has 1 aromatic heterocycles. The van der Waals surface area contributed by atoms with Crippen molar-refractivity contribution in [3.63, 3.8) is 0 Å². The van der Waals surface area contributed by atoms with Crippen LogP contribution in [-0.4, -0.2) is 10.1 Å². The number of hydrogen-bond acceptors (Lipinski definition) is 4. The van der Waals surface area contributed by atoms with E-state index in [4.69, 9.17) is 21.9 Å². The van der Waals surface area contributed by atoms with Crippen LogP contribution in [0.25, 0.3) is 0 Å². The predicted octanol–water partition coefficient (Wildman–Crippen LogP) is 2.86. The summed E-state index contributed by atoms with van der Waals surface area (Å²) >= 11 is 5.93. The highest BCUT2D eigenvalue weighted by Crippen LogP contribution is 2.20. The molecule has 1 heterocycles. The van der Waals surface area contributed by atoms with Crippen molar-refractivity contribution in [1.82, 2.24) is 10.1 Å². The third-order valence-corrected chi connectivity index (χ3v) is 2.96. The van der Waals surface area contributed by atoms with E-state index in [0.29, 0.717) is 23.2 Å². The summed E-state index contributed by atoms with van der Waals surface area (Å²) in [4.78, 5) is 4.18. The minimum Gasteiger partial charge on any atom is -0.338 e. The zero-order chi connectivity index (χ0) is 13.1. The van der Waals surface area contributed by atoms with E-state index < -0.39 is 0 Å². The third kappa shape index (κ3) is 2.86. The molecule has 2 rings (SSSR count). The molecule has 0 bridgehead atoms. The Morgan fingerprint density at radius 1 is 1.50 bits per heavy atom. The fourth-order valence-corrected chi connectivity index (χ4v) is 1.73. The molecule has 0 aliphatic carbocycles. The molecule has 1 aromatic carbocycles. The molecule has 2 N–H and O–H groups in total.